The van der Waals surface area contributed by atoms with E-state index in [2.05, 4.69) is 35.6 Å². The molecule has 2 amide bonds. The number of piperidine rings is 2. The molecule has 8 rings (SSSR count). The van der Waals surface area contributed by atoms with Gasteiger partial charge in [0.2, 0.25) is 0 Å². The molecule has 4 aliphatic rings. The third kappa shape index (κ3) is 10.9. The summed E-state index contributed by atoms with van der Waals surface area (Å²) in [5, 5.41) is 15.9. The maximum absolute atomic E-state index is 15.6. The summed E-state index contributed by atoms with van der Waals surface area (Å²) in [5.74, 6) is -2.11. The number of rotatable bonds is 11. The molecule has 4 fully saturated rings. The summed E-state index contributed by atoms with van der Waals surface area (Å²) in [6.07, 6.45) is 6.23. The van der Waals surface area contributed by atoms with Crippen molar-refractivity contribution in [2.75, 3.05) is 79.0 Å². The minimum absolute atomic E-state index is 0.0412. The van der Waals surface area contributed by atoms with Gasteiger partial charge >= 0.3 is 12.1 Å². The second-order valence-electron chi connectivity index (χ2n) is 18.7. The normalized spacial score (nSPS) is 20.9. The van der Waals surface area contributed by atoms with Crippen molar-refractivity contribution in [2.45, 2.75) is 92.6 Å². The van der Waals surface area contributed by atoms with Crippen molar-refractivity contribution in [1.29, 1.82) is 0 Å². The van der Waals surface area contributed by atoms with Crippen LogP contribution in [-0.2, 0) is 9.47 Å². The second kappa shape index (κ2) is 19.9. The number of carboxylic acids is 1. The maximum Gasteiger partial charge on any atom is 0.407 e. The van der Waals surface area contributed by atoms with Crippen molar-refractivity contribution in [3.8, 4) is 0 Å². The van der Waals surface area contributed by atoms with E-state index in [0.29, 0.717) is 60.9 Å². The number of piperazine rings is 1. The Morgan fingerprint density at radius 1 is 0.894 bits per heavy atom. The summed E-state index contributed by atoms with van der Waals surface area (Å²) >= 11 is 1.42. The number of aromatic nitrogens is 2. The van der Waals surface area contributed by atoms with Crippen LogP contribution in [0.25, 0.3) is 0 Å². The monoisotopic (exact) mass is 939 g/mol. The summed E-state index contributed by atoms with van der Waals surface area (Å²) < 4.78 is 41.8. The number of nitrogens with one attached hydrogen (secondary N) is 2. The Labute approximate surface area is 392 Å². The predicted octanol–water partition coefficient (Wildman–Crippen LogP) is 7.50. The third-order valence-electron chi connectivity index (χ3n) is 13.1. The van der Waals surface area contributed by atoms with Crippen LogP contribution in [0.4, 0.5) is 36.5 Å². The van der Waals surface area contributed by atoms with Gasteiger partial charge < -0.3 is 39.9 Å². The average Bonchev–Trinajstić information content (AvgIpc) is 3.62. The smallest absolute Gasteiger partial charge is 0.407 e. The first kappa shape index (κ1) is 47.2. The molecule has 18 heteroatoms. The lowest BCUT2D eigenvalue weighted by molar-refractivity contribution is 0.0422. The lowest BCUT2D eigenvalue weighted by Crippen LogP contribution is -2.56. The van der Waals surface area contributed by atoms with E-state index in [4.69, 9.17) is 24.5 Å². The van der Waals surface area contributed by atoms with E-state index in [1.807, 2.05) is 50.8 Å². The number of hydrogen-bond donors (Lipinski definition) is 3. The molecule has 14 nitrogen and oxygen atoms in total. The van der Waals surface area contributed by atoms with E-state index in [-0.39, 0.29) is 34.2 Å². The molecular formula is C48H57F2N8O6SSi. The Morgan fingerprint density at radius 3 is 2.27 bits per heavy atom. The number of carbonyl (C=O) groups excluding carboxylic acids is 2. The topological polar surface area (TPSA) is 153 Å². The molecule has 4 aliphatic heterocycles. The van der Waals surface area contributed by atoms with Gasteiger partial charge in [-0.2, -0.15) is 0 Å². The van der Waals surface area contributed by atoms with Gasteiger partial charge in [0.15, 0.2) is 0 Å². The number of carbonyl (C=O) groups is 3. The number of carboxylic acid groups (broad SMARTS) is 1. The first-order valence-corrected chi connectivity index (χ1v) is 24.0. The van der Waals surface area contributed by atoms with Gasteiger partial charge in [0.25, 0.3) is 5.91 Å². The Hall–Kier alpha value is -5.30. The van der Waals surface area contributed by atoms with Gasteiger partial charge in [0.1, 0.15) is 28.1 Å². The summed E-state index contributed by atoms with van der Waals surface area (Å²) in [4.78, 5) is 56.4. The molecular weight excluding hydrogens is 883 g/mol. The molecule has 3 aromatic carbocycles. The van der Waals surface area contributed by atoms with Crippen LogP contribution < -0.4 is 25.3 Å². The number of alkyl carbamates (subject to hydrolysis) is 1. The van der Waals surface area contributed by atoms with Crippen molar-refractivity contribution in [3.63, 3.8) is 0 Å². The van der Waals surface area contributed by atoms with Crippen LogP contribution in [0, 0.1) is 17.0 Å². The SMILES string of the molecule is C[C@@H]([Si])C1OCC2(CCN(c3cnc(Sc4cccc(NC(=O)c5ccc(N6CCC(N7CCN(c8ccc(C(=O)O)c(F)c8)CC7)CC6)c(F)c5)c4)cn3)CC2)[C@@H]1NC(=O)OC(C)(C)C. The molecule has 0 aliphatic carbocycles. The zero-order chi connectivity index (χ0) is 46.8. The predicted molar refractivity (Wildman–Crippen MR) is 251 cm³/mol. The molecule has 1 spiro atoms. The highest BCUT2D eigenvalue weighted by atomic mass is 32.2. The van der Waals surface area contributed by atoms with Crippen LogP contribution in [0.5, 0.6) is 0 Å². The van der Waals surface area contributed by atoms with E-state index in [0.717, 1.165) is 62.6 Å². The Bertz CT molecular complexity index is 2390. The number of amides is 2. The fraction of sp³-hybridized carbons (Fsp3) is 0.479. The van der Waals surface area contributed by atoms with E-state index in [1.165, 1.54) is 30.0 Å². The van der Waals surface area contributed by atoms with Gasteiger partial charge in [-0.15, -0.1) is 0 Å². The number of benzene rings is 3. The number of aromatic carboxylic acids is 1. The number of ether oxygens (including phenoxy) is 2. The van der Waals surface area contributed by atoms with E-state index in [9.17, 15) is 18.8 Å². The van der Waals surface area contributed by atoms with Crippen molar-refractivity contribution in [2.24, 2.45) is 5.41 Å². The standard InChI is InChI=1S/C48H57F2N8O6SSi/c1-30(66)42-43(54-46(62)64-47(2,3)4)48(29-63-42)14-18-58(19-15-48)40-27-52-41(28-51-40)65-35-7-5-6-32(25-35)53-44(59)31-8-11-39(38(50)24-31)57-16-12-33(13-17-57)55-20-22-56(23-21-55)34-9-10-36(45(60)61)37(49)26-34/h5-11,24-28,30,33,42-43H,12-23,29H2,1-4H3,(H,53,59)(H,54,62)(H,60,61)/t30-,42?,43-/m1/s1. The number of hydrogen-bond acceptors (Lipinski definition) is 12. The molecule has 1 unspecified atom stereocenters. The number of halogens is 2. The average molecular weight is 940 g/mol. The highest BCUT2D eigenvalue weighted by molar-refractivity contribution is 7.99. The van der Waals surface area contributed by atoms with E-state index >= 15 is 4.39 Å². The molecule has 3 atom stereocenters. The molecule has 66 heavy (non-hydrogen) atoms. The van der Waals surface area contributed by atoms with Gasteiger partial charge in [-0.05, 0) is 107 Å². The van der Waals surface area contributed by atoms with E-state index in [1.54, 1.807) is 36.7 Å². The largest absolute Gasteiger partial charge is 0.478 e. The minimum Gasteiger partial charge on any atom is -0.478 e. The summed E-state index contributed by atoms with van der Waals surface area (Å²) in [6, 6.07) is 16.4. The van der Waals surface area contributed by atoms with Gasteiger partial charge in [-0.25, -0.2) is 28.3 Å². The van der Waals surface area contributed by atoms with Crippen LogP contribution in [-0.4, -0.2) is 131 Å². The fourth-order valence-electron chi connectivity index (χ4n) is 9.62. The highest BCUT2D eigenvalue weighted by Crippen LogP contribution is 2.45. The lowest BCUT2D eigenvalue weighted by Gasteiger charge is -2.43. The zero-order valence-corrected chi connectivity index (χ0v) is 39.6. The third-order valence-corrected chi connectivity index (χ3v) is 14.4. The molecule has 349 valence electrons. The van der Waals surface area contributed by atoms with Gasteiger partial charge in [0.05, 0.1) is 42.4 Å². The van der Waals surface area contributed by atoms with Crippen LogP contribution >= 0.6 is 11.8 Å². The van der Waals surface area contributed by atoms with Crippen LogP contribution in [0.2, 0.25) is 5.54 Å². The molecule has 1 aromatic heterocycles. The Kier molecular flexibility index (Phi) is 14.2. The van der Waals surface area contributed by atoms with Gasteiger partial charge in [0, 0.05) is 95.9 Å². The highest BCUT2D eigenvalue weighted by Gasteiger charge is 2.52. The Balaban J connectivity index is 0.800. The molecule has 0 bridgehead atoms. The second-order valence-corrected chi connectivity index (χ2v) is 20.7. The first-order valence-electron chi connectivity index (χ1n) is 22.6. The maximum atomic E-state index is 15.6. The number of nitrogens with zero attached hydrogens (tertiary/aromatic N) is 6. The summed E-state index contributed by atoms with van der Waals surface area (Å²) in [7, 11) is 3.74. The quantitative estimate of drug-likeness (QED) is 0.127. The van der Waals surface area contributed by atoms with Crippen molar-refractivity contribution >= 4 is 62.9 Å². The summed E-state index contributed by atoms with van der Waals surface area (Å²) in [6.45, 7) is 14.0. The molecule has 5 heterocycles. The van der Waals surface area contributed by atoms with Crippen LogP contribution in [0.1, 0.15) is 74.1 Å². The fourth-order valence-corrected chi connectivity index (χ4v) is 10.7. The molecule has 4 saturated heterocycles. The van der Waals surface area contributed by atoms with E-state index < -0.39 is 35.2 Å². The van der Waals surface area contributed by atoms with Crippen molar-refractivity contribution in [3.05, 3.63) is 95.8 Å². The molecule has 0 saturated carbocycles. The summed E-state index contributed by atoms with van der Waals surface area (Å²) in [5.41, 5.74) is 0.813. The molecule has 4 aromatic rings. The molecule has 3 radical (unpaired) electrons. The van der Waals surface area contributed by atoms with Gasteiger partial charge in [-0.3, -0.25) is 9.69 Å². The van der Waals surface area contributed by atoms with Crippen molar-refractivity contribution < 1.29 is 37.7 Å². The van der Waals surface area contributed by atoms with Crippen LogP contribution in [0.15, 0.2) is 83.0 Å². The van der Waals surface area contributed by atoms with Gasteiger partial charge in [-0.1, -0.05) is 24.8 Å². The lowest BCUT2D eigenvalue weighted by atomic mass is 9.72. The number of anilines is 4. The minimum atomic E-state index is -1.28. The Morgan fingerprint density at radius 2 is 1.64 bits per heavy atom. The molecule has 3 N–H and O–H groups in total. The first-order chi connectivity index (χ1) is 31.5. The van der Waals surface area contributed by atoms with Crippen LogP contribution in [0.3, 0.4) is 0 Å². The zero-order valence-electron chi connectivity index (χ0n) is 37.8. The van der Waals surface area contributed by atoms with Crippen molar-refractivity contribution in [1.82, 2.24) is 20.2 Å².